The second kappa shape index (κ2) is 4.41. The molecule has 0 atom stereocenters. The van der Waals surface area contributed by atoms with Crippen LogP contribution < -0.4 is 0 Å². The van der Waals surface area contributed by atoms with Crippen LogP contribution in [-0.2, 0) is 18.4 Å². The molecule has 0 rings (SSSR count). The van der Waals surface area contributed by atoms with Crippen LogP contribution in [0.1, 0.15) is 34.6 Å². The van der Waals surface area contributed by atoms with E-state index in [1.165, 1.54) is 13.8 Å². The minimum atomic E-state index is -1.86. The molecule has 0 aliphatic heterocycles. The second-order valence-electron chi connectivity index (χ2n) is 3.72. The Balaban J connectivity index is 4.37. The standard InChI is InChI=1S/C8H15O4Si/c1-6(9)11-13(8(3,4)5)12-7(2)10/h1-5H3. The largest absolute Gasteiger partial charge is 0.542 e. The van der Waals surface area contributed by atoms with Crippen LogP contribution in [0.2, 0.25) is 5.04 Å². The lowest BCUT2D eigenvalue weighted by Crippen LogP contribution is -2.36. The summed E-state index contributed by atoms with van der Waals surface area (Å²) in [6, 6.07) is 0. The SMILES string of the molecule is CC(=O)O[Si](OC(C)=O)C(C)(C)C. The first-order valence-corrected chi connectivity index (χ1v) is 5.29. The molecule has 0 amide bonds. The summed E-state index contributed by atoms with van der Waals surface area (Å²) in [5.74, 6) is -0.824. The summed E-state index contributed by atoms with van der Waals surface area (Å²) in [7, 11) is -1.86. The topological polar surface area (TPSA) is 52.6 Å². The van der Waals surface area contributed by atoms with Crippen LogP contribution in [0, 0.1) is 0 Å². The molecule has 0 aromatic rings. The minimum absolute atomic E-state index is 0.304. The number of rotatable bonds is 2. The number of hydrogen-bond acceptors (Lipinski definition) is 4. The first-order chi connectivity index (χ1) is 5.73. The Morgan fingerprint density at radius 2 is 1.31 bits per heavy atom. The normalized spacial score (nSPS) is 11.2. The Morgan fingerprint density at radius 3 is 1.46 bits per heavy atom. The Morgan fingerprint density at radius 1 is 1.00 bits per heavy atom. The number of hydrogen-bond donors (Lipinski definition) is 0. The molecule has 0 spiro atoms. The minimum Gasteiger partial charge on any atom is -0.483 e. The monoisotopic (exact) mass is 203 g/mol. The van der Waals surface area contributed by atoms with Crippen LogP contribution >= 0.6 is 0 Å². The summed E-state index contributed by atoms with van der Waals surface area (Å²) in [6.45, 7) is 8.22. The van der Waals surface area contributed by atoms with Gasteiger partial charge in [0.1, 0.15) is 0 Å². The maximum Gasteiger partial charge on any atom is 0.542 e. The van der Waals surface area contributed by atoms with Crippen LogP contribution in [0.4, 0.5) is 0 Å². The highest BCUT2D eigenvalue weighted by Gasteiger charge is 2.38. The smallest absolute Gasteiger partial charge is 0.483 e. The molecule has 0 fully saturated rings. The summed E-state index contributed by atoms with van der Waals surface area (Å²) < 4.78 is 9.89. The van der Waals surface area contributed by atoms with Crippen molar-refractivity contribution in [2.24, 2.45) is 0 Å². The molecule has 0 unspecified atom stereocenters. The predicted molar refractivity (Wildman–Crippen MR) is 49.0 cm³/mol. The van der Waals surface area contributed by atoms with Gasteiger partial charge < -0.3 is 8.85 Å². The molecule has 0 aromatic heterocycles. The zero-order valence-electron chi connectivity index (χ0n) is 8.63. The average molecular weight is 203 g/mol. The van der Waals surface area contributed by atoms with E-state index in [0.717, 1.165) is 0 Å². The molecule has 4 nitrogen and oxygen atoms in total. The molecule has 1 radical (unpaired) electrons. The third-order valence-electron chi connectivity index (χ3n) is 1.09. The van der Waals surface area contributed by atoms with Crippen molar-refractivity contribution in [3.8, 4) is 0 Å². The lowest BCUT2D eigenvalue weighted by molar-refractivity contribution is -0.138. The van der Waals surface area contributed by atoms with Crippen LogP contribution in [0.3, 0.4) is 0 Å². The van der Waals surface area contributed by atoms with Gasteiger partial charge in [0.25, 0.3) is 11.9 Å². The van der Waals surface area contributed by atoms with Crippen molar-refractivity contribution in [2.75, 3.05) is 0 Å². The molecule has 0 saturated heterocycles. The fourth-order valence-corrected chi connectivity index (χ4v) is 1.76. The van der Waals surface area contributed by atoms with Crippen LogP contribution in [0.25, 0.3) is 0 Å². The molecule has 0 aliphatic rings. The molecule has 0 N–H and O–H groups in total. The highest BCUT2D eigenvalue weighted by atomic mass is 28.3. The molecular weight excluding hydrogens is 188 g/mol. The Hall–Kier alpha value is -0.843. The van der Waals surface area contributed by atoms with Crippen molar-refractivity contribution >= 4 is 21.2 Å². The molecule has 0 aromatic carbocycles. The summed E-state index contributed by atoms with van der Waals surface area (Å²) >= 11 is 0. The molecule has 0 saturated carbocycles. The maximum absolute atomic E-state index is 10.7. The van der Waals surface area contributed by atoms with Gasteiger partial charge in [-0.15, -0.1) is 0 Å². The Labute approximate surface area is 80.1 Å². The van der Waals surface area contributed by atoms with E-state index < -0.39 is 21.2 Å². The van der Waals surface area contributed by atoms with Gasteiger partial charge >= 0.3 is 9.28 Å². The Kier molecular flexibility index (Phi) is 4.12. The van der Waals surface area contributed by atoms with Crippen molar-refractivity contribution < 1.29 is 18.4 Å². The lowest BCUT2D eigenvalue weighted by Gasteiger charge is -2.23. The van der Waals surface area contributed by atoms with E-state index in [-0.39, 0.29) is 5.04 Å². The van der Waals surface area contributed by atoms with Gasteiger partial charge in [-0.05, 0) is 0 Å². The van der Waals surface area contributed by atoms with Gasteiger partial charge in [0.15, 0.2) is 0 Å². The van der Waals surface area contributed by atoms with Gasteiger partial charge in [-0.1, -0.05) is 20.8 Å². The highest BCUT2D eigenvalue weighted by Crippen LogP contribution is 2.28. The van der Waals surface area contributed by atoms with Gasteiger partial charge in [-0.2, -0.15) is 0 Å². The van der Waals surface area contributed by atoms with Gasteiger partial charge in [-0.3, -0.25) is 9.59 Å². The predicted octanol–water partition coefficient (Wildman–Crippen LogP) is 1.40. The second-order valence-corrected chi connectivity index (χ2v) is 6.21. The molecular formula is C8H15O4Si. The fourth-order valence-electron chi connectivity index (χ4n) is 0.588. The van der Waals surface area contributed by atoms with Gasteiger partial charge in [0.2, 0.25) is 0 Å². The van der Waals surface area contributed by atoms with Gasteiger partial charge in [0.05, 0.1) is 0 Å². The van der Waals surface area contributed by atoms with Crippen molar-refractivity contribution in [1.29, 1.82) is 0 Å². The van der Waals surface area contributed by atoms with E-state index in [1.807, 2.05) is 20.8 Å². The highest BCUT2D eigenvalue weighted by molar-refractivity contribution is 6.52. The van der Waals surface area contributed by atoms with Crippen molar-refractivity contribution in [2.45, 2.75) is 39.7 Å². The van der Waals surface area contributed by atoms with Crippen LogP contribution in [0.15, 0.2) is 0 Å². The summed E-state index contributed by atoms with van der Waals surface area (Å²) in [4.78, 5) is 21.4. The van der Waals surface area contributed by atoms with Crippen molar-refractivity contribution in [3.05, 3.63) is 0 Å². The third-order valence-corrected chi connectivity index (χ3v) is 3.26. The van der Waals surface area contributed by atoms with E-state index in [0.29, 0.717) is 0 Å². The number of carbonyl (C=O) groups is 2. The zero-order valence-corrected chi connectivity index (χ0v) is 9.63. The molecule has 13 heavy (non-hydrogen) atoms. The van der Waals surface area contributed by atoms with E-state index >= 15 is 0 Å². The summed E-state index contributed by atoms with van der Waals surface area (Å²) in [5.41, 5.74) is 0. The molecule has 0 bridgehead atoms. The zero-order chi connectivity index (χ0) is 10.6. The number of carbonyl (C=O) groups excluding carboxylic acids is 2. The molecule has 5 heteroatoms. The lowest BCUT2D eigenvalue weighted by atomic mass is 10.3. The van der Waals surface area contributed by atoms with E-state index in [4.69, 9.17) is 8.85 Å². The van der Waals surface area contributed by atoms with Crippen LogP contribution in [-0.4, -0.2) is 21.2 Å². The first kappa shape index (κ1) is 12.2. The molecule has 0 aliphatic carbocycles. The van der Waals surface area contributed by atoms with Crippen LogP contribution in [0.5, 0.6) is 0 Å². The fraction of sp³-hybridized carbons (Fsp3) is 0.750. The Bertz CT molecular complexity index is 191. The van der Waals surface area contributed by atoms with E-state index in [1.54, 1.807) is 0 Å². The molecule has 0 heterocycles. The van der Waals surface area contributed by atoms with Gasteiger partial charge in [-0.25, -0.2) is 0 Å². The first-order valence-electron chi connectivity index (χ1n) is 3.97. The average Bonchev–Trinajstić information content (AvgIpc) is 1.81. The van der Waals surface area contributed by atoms with Crippen molar-refractivity contribution in [1.82, 2.24) is 0 Å². The summed E-state index contributed by atoms with van der Waals surface area (Å²) in [5, 5.41) is -0.304. The van der Waals surface area contributed by atoms with Crippen molar-refractivity contribution in [3.63, 3.8) is 0 Å². The molecule has 75 valence electrons. The van der Waals surface area contributed by atoms with Gasteiger partial charge in [0, 0.05) is 18.9 Å². The maximum atomic E-state index is 10.7. The summed E-state index contributed by atoms with van der Waals surface area (Å²) in [6.07, 6.45) is 0. The van der Waals surface area contributed by atoms with E-state index in [2.05, 4.69) is 0 Å². The van der Waals surface area contributed by atoms with E-state index in [9.17, 15) is 9.59 Å². The quantitative estimate of drug-likeness (QED) is 0.637. The third kappa shape index (κ3) is 5.40.